The number of Topliss-reactive ketones (excluding diaryl/α,β-unsaturated/α-hetero) is 1. The van der Waals surface area contributed by atoms with Crippen molar-refractivity contribution < 1.29 is 9.59 Å². The van der Waals surface area contributed by atoms with Crippen molar-refractivity contribution in [2.24, 2.45) is 10.9 Å². The fraction of sp³-hybridized carbons (Fsp3) is 0.159. The average Bonchev–Trinajstić information content (AvgIpc) is 3.40. The second kappa shape index (κ2) is 14.9. The molecule has 1 atom stereocenters. The number of hydrogen-bond acceptors (Lipinski definition) is 4. The Morgan fingerprint density at radius 1 is 0.824 bits per heavy atom. The van der Waals surface area contributed by atoms with E-state index in [2.05, 4.69) is 71.9 Å². The van der Waals surface area contributed by atoms with E-state index in [-0.39, 0.29) is 11.7 Å². The zero-order chi connectivity index (χ0) is 35.5. The number of ketones is 1. The van der Waals surface area contributed by atoms with E-state index in [1.54, 1.807) is 48.7 Å². The lowest BCUT2D eigenvalue weighted by Gasteiger charge is -2.30. The van der Waals surface area contributed by atoms with E-state index in [9.17, 15) is 9.59 Å². The van der Waals surface area contributed by atoms with Gasteiger partial charge in [-0.2, -0.15) is 0 Å². The lowest BCUT2D eigenvalue weighted by Crippen LogP contribution is -2.30. The van der Waals surface area contributed by atoms with Crippen LogP contribution < -0.4 is 21.1 Å². The van der Waals surface area contributed by atoms with Crippen molar-refractivity contribution in [2.45, 2.75) is 39.0 Å². The highest BCUT2D eigenvalue weighted by Crippen LogP contribution is 2.36. The van der Waals surface area contributed by atoms with Gasteiger partial charge in [-0.3, -0.25) is 14.6 Å². The summed E-state index contributed by atoms with van der Waals surface area (Å²) in [6.45, 7) is 4.57. The number of fused-ring (bicyclic) bond motifs is 5. The second-order valence-corrected chi connectivity index (χ2v) is 14.1. The van der Waals surface area contributed by atoms with Crippen molar-refractivity contribution in [2.75, 3.05) is 10.6 Å². The van der Waals surface area contributed by atoms with Crippen LogP contribution in [0.15, 0.2) is 121 Å². The summed E-state index contributed by atoms with van der Waals surface area (Å²) in [5.74, 6) is 0.624. The number of anilines is 2. The third kappa shape index (κ3) is 7.32. The van der Waals surface area contributed by atoms with Gasteiger partial charge in [0.2, 0.25) is 0 Å². The van der Waals surface area contributed by atoms with E-state index >= 15 is 0 Å². The number of rotatable bonds is 5. The lowest BCUT2D eigenvalue weighted by molar-refractivity contribution is 0.102. The van der Waals surface area contributed by atoms with Crippen molar-refractivity contribution in [3.05, 3.63) is 174 Å². The largest absolute Gasteiger partial charge is 0.360 e. The molecule has 0 fully saturated rings. The van der Waals surface area contributed by atoms with E-state index in [4.69, 9.17) is 23.2 Å². The molecule has 0 aromatic heterocycles. The average molecular weight is 711 g/mol. The molecule has 1 amide bonds. The van der Waals surface area contributed by atoms with Gasteiger partial charge in [0.15, 0.2) is 5.78 Å². The highest BCUT2D eigenvalue weighted by atomic mass is 35.5. The van der Waals surface area contributed by atoms with Crippen LogP contribution in [0.1, 0.15) is 70.0 Å². The molecule has 2 N–H and O–H groups in total. The Bertz CT molecular complexity index is 2430. The minimum absolute atomic E-state index is 0.0445. The standard InChI is InChI=1S/C35H29Cl2NO2.C9H8N2/c1-20(2)27-13-16-32(31-15-14-29-28-6-4-3-5-21(28)9-12-30(29)33(27)31)34(39)22-7-10-26(11-8-22)38-35(40)23-17-24(36)19-25(37)18-23;1-2-4-9-8(3-1)7-10-5-6-11-9/h3-11,14-15,17-20,27H,12-13,16H2,1-2H3,(H,38,40);1-7,11H. The molecule has 1 unspecified atom stereocenters. The molecule has 2 aliphatic carbocycles. The third-order valence-electron chi connectivity index (χ3n) is 9.72. The maximum absolute atomic E-state index is 13.9. The minimum atomic E-state index is -0.318. The van der Waals surface area contributed by atoms with Gasteiger partial charge in [-0.1, -0.05) is 97.7 Å². The number of amides is 1. The van der Waals surface area contributed by atoms with Crippen molar-refractivity contribution >= 4 is 64.1 Å². The first kappa shape index (κ1) is 34.2. The molecule has 0 saturated heterocycles. The normalized spacial score (nSPS) is 15.1. The number of nitrogens with zero attached hydrogens (tertiary/aromatic N) is 1. The van der Waals surface area contributed by atoms with Crippen LogP contribution in [-0.2, 0) is 6.42 Å². The summed E-state index contributed by atoms with van der Waals surface area (Å²) in [7, 11) is 0. The van der Waals surface area contributed by atoms with E-state index in [0.29, 0.717) is 38.7 Å². The Hall–Kier alpha value is -5.23. The molecular weight excluding hydrogens is 673 g/mol. The lowest BCUT2D eigenvalue weighted by atomic mass is 9.73. The fourth-order valence-corrected chi connectivity index (χ4v) is 7.77. The van der Waals surface area contributed by atoms with Gasteiger partial charge in [0, 0.05) is 62.3 Å². The molecule has 7 heteroatoms. The number of nitrogens with one attached hydrogen (secondary N) is 2. The molecule has 0 radical (unpaired) electrons. The predicted molar refractivity (Wildman–Crippen MR) is 210 cm³/mol. The topological polar surface area (TPSA) is 70.6 Å². The SMILES string of the molecule is C1=CNc2ccccc2C=N1.CC(C)C1CCC(C(=O)c2ccc(NC(=O)c3cc(Cl)cc(Cl)c3)cc2)=c2ccc3c(c21)CC=c1ccccc1=3. The Balaban J connectivity index is 0.000000313. The van der Waals surface area contributed by atoms with Gasteiger partial charge in [0.05, 0.1) is 0 Å². The zero-order valence-corrected chi connectivity index (χ0v) is 29.9. The number of benzene rings is 5. The molecule has 5 aromatic rings. The van der Waals surface area contributed by atoms with E-state index in [1.165, 1.54) is 26.8 Å². The number of hydrogen-bond donors (Lipinski definition) is 2. The van der Waals surface area contributed by atoms with Gasteiger partial charge in [0.25, 0.3) is 5.91 Å². The highest BCUT2D eigenvalue weighted by Gasteiger charge is 2.29. The van der Waals surface area contributed by atoms with Crippen LogP contribution in [0.25, 0.3) is 11.6 Å². The number of halogens is 2. The van der Waals surface area contributed by atoms with Crippen LogP contribution in [0.5, 0.6) is 0 Å². The molecule has 0 saturated carbocycles. The monoisotopic (exact) mass is 709 g/mol. The van der Waals surface area contributed by atoms with E-state index in [1.807, 2.05) is 36.7 Å². The number of carbonyl (C=O) groups is 2. The van der Waals surface area contributed by atoms with Gasteiger partial charge in [0.1, 0.15) is 0 Å². The molecule has 8 rings (SSSR count). The number of para-hydroxylation sites is 1. The van der Waals surface area contributed by atoms with Gasteiger partial charge in [-0.15, -0.1) is 0 Å². The molecule has 1 aliphatic heterocycles. The van der Waals surface area contributed by atoms with Crippen LogP contribution in [0.2, 0.25) is 10.0 Å². The smallest absolute Gasteiger partial charge is 0.255 e. The quantitative estimate of drug-likeness (QED) is 0.179. The molecule has 254 valence electrons. The maximum Gasteiger partial charge on any atom is 0.255 e. The summed E-state index contributed by atoms with van der Waals surface area (Å²) in [6.07, 6.45) is 10.3. The van der Waals surface area contributed by atoms with E-state index in [0.717, 1.165) is 41.3 Å². The van der Waals surface area contributed by atoms with Crippen LogP contribution in [0, 0.1) is 16.4 Å². The Kier molecular flexibility index (Phi) is 10.0. The molecule has 51 heavy (non-hydrogen) atoms. The zero-order valence-electron chi connectivity index (χ0n) is 28.4. The van der Waals surface area contributed by atoms with Crippen LogP contribution in [0.3, 0.4) is 0 Å². The molecule has 0 bridgehead atoms. The fourth-order valence-electron chi connectivity index (χ4n) is 7.24. The molecule has 1 heterocycles. The maximum atomic E-state index is 13.9. The summed E-state index contributed by atoms with van der Waals surface area (Å²) in [4.78, 5) is 30.6. The Morgan fingerprint density at radius 3 is 2.33 bits per heavy atom. The first-order valence-corrected chi connectivity index (χ1v) is 17.9. The summed E-state index contributed by atoms with van der Waals surface area (Å²) in [5, 5.41) is 11.7. The summed E-state index contributed by atoms with van der Waals surface area (Å²) >= 11 is 12.1. The molecule has 0 spiro atoms. The highest BCUT2D eigenvalue weighted by molar-refractivity contribution is 6.35. The Labute approximate surface area is 307 Å². The predicted octanol–water partition coefficient (Wildman–Crippen LogP) is 9.44. The minimum Gasteiger partial charge on any atom is -0.360 e. The van der Waals surface area contributed by atoms with E-state index < -0.39 is 0 Å². The Morgan fingerprint density at radius 2 is 1.55 bits per heavy atom. The molecule has 5 aromatic carbocycles. The summed E-state index contributed by atoms with van der Waals surface area (Å²) in [6, 6.07) is 32.8. The van der Waals surface area contributed by atoms with Crippen molar-refractivity contribution in [3.63, 3.8) is 0 Å². The first-order valence-electron chi connectivity index (χ1n) is 17.2. The van der Waals surface area contributed by atoms with Crippen molar-refractivity contribution in [1.82, 2.24) is 0 Å². The second-order valence-electron chi connectivity index (χ2n) is 13.3. The van der Waals surface area contributed by atoms with Crippen LogP contribution >= 0.6 is 23.2 Å². The van der Waals surface area contributed by atoms with Crippen LogP contribution in [-0.4, -0.2) is 17.9 Å². The van der Waals surface area contributed by atoms with Crippen LogP contribution in [0.4, 0.5) is 11.4 Å². The summed E-state index contributed by atoms with van der Waals surface area (Å²) < 4.78 is 0. The molecular formula is C44H37Cl2N3O2. The van der Waals surface area contributed by atoms with Gasteiger partial charge >= 0.3 is 0 Å². The first-order chi connectivity index (χ1) is 24.8. The number of aliphatic imine (C=N–C) groups is 1. The van der Waals surface area contributed by atoms with Gasteiger partial charge < -0.3 is 10.6 Å². The molecule has 5 nitrogen and oxygen atoms in total. The van der Waals surface area contributed by atoms with Gasteiger partial charge in [-0.25, -0.2) is 0 Å². The molecule has 3 aliphatic rings. The summed E-state index contributed by atoms with van der Waals surface area (Å²) in [5.41, 5.74) is 7.38. The van der Waals surface area contributed by atoms with Gasteiger partial charge in [-0.05, 0) is 112 Å². The third-order valence-corrected chi connectivity index (χ3v) is 10.2. The van der Waals surface area contributed by atoms with Crippen molar-refractivity contribution in [1.29, 1.82) is 0 Å². The van der Waals surface area contributed by atoms with Crippen molar-refractivity contribution in [3.8, 4) is 0 Å². The number of carbonyl (C=O) groups excluding carboxylic acids is 2.